The van der Waals surface area contributed by atoms with Crippen molar-refractivity contribution in [1.82, 2.24) is 10.6 Å². The van der Waals surface area contributed by atoms with Crippen LogP contribution in [-0.4, -0.2) is 209 Å². The third kappa shape index (κ3) is 42.3. The van der Waals surface area contributed by atoms with E-state index in [1.165, 1.54) is 36.4 Å². The molecule has 0 radical (unpaired) electrons. The second kappa shape index (κ2) is 53.9. The second-order valence-corrected chi connectivity index (χ2v) is 26.8. The Morgan fingerprint density at radius 1 is 0.596 bits per heavy atom. The van der Waals surface area contributed by atoms with Crippen molar-refractivity contribution >= 4 is 23.2 Å². The maximum atomic E-state index is 11.8. The fraction of sp³-hybridized carbons (Fsp3) is 0.557. The maximum absolute atomic E-state index is 11.8. The minimum absolute atomic E-state index is 0.0185. The molecule has 25 heteroatoms. The average Bonchev–Trinajstić information content (AvgIpc) is 0.845. The van der Waals surface area contributed by atoms with Gasteiger partial charge in [-0.2, -0.15) is 0 Å². The average molecular weight is 1460 g/mol. The zero-order chi connectivity index (χ0) is 77.5. The Kier molecular flexibility index (Phi) is 48.3. The zero-order valence-electron chi connectivity index (χ0n) is 61.0. The number of ketones is 2. The van der Waals surface area contributed by atoms with E-state index >= 15 is 0 Å². The Bertz CT molecular complexity index is 3020. The number of ether oxygens (including phenoxy) is 2. The highest BCUT2D eigenvalue weighted by Gasteiger charge is 2.43. The monoisotopic (exact) mass is 1460 g/mol. The summed E-state index contributed by atoms with van der Waals surface area (Å²) in [4.78, 5) is 45.4. The molecule has 1 heterocycles. The highest BCUT2D eigenvalue weighted by molar-refractivity contribution is 6.03. The fourth-order valence-electron chi connectivity index (χ4n) is 10.7. The molecule has 0 saturated carbocycles. The van der Waals surface area contributed by atoms with Crippen LogP contribution in [-0.2, 0) is 30.4 Å². The van der Waals surface area contributed by atoms with Gasteiger partial charge < -0.3 is 96.7 Å². The molecule has 25 nitrogen and oxygen atoms in total. The maximum Gasteiger partial charge on any atom is 0.269 e. The van der Waals surface area contributed by atoms with Gasteiger partial charge >= 0.3 is 0 Å². The molecule has 104 heavy (non-hydrogen) atoms. The van der Waals surface area contributed by atoms with Crippen LogP contribution in [0.5, 0.6) is 0 Å². The number of nitrogens with zero attached hydrogens (tertiary/aromatic N) is 1. The van der Waals surface area contributed by atoms with E-state index in [2.05, 4.69) is 10.6 Å². The summed E-state index contributed by atoms with van der Waals surface area (Å²) in [5.41, 5.74) is 0.921. The number of allylic oxidation sites excluding steroid dienone is 18. The molecule has 19 unspecified atom stereocenters. The predicted molar refractivity (Wildman–Crippen MR) is 398 cm³/mol. The van der Waals surface area contributed by atoms with Gasteiger partial charge in [0.05, 0.1) is 84.3 Å². The predicted octanol–water partition coefficient (Wildman–Crippen LogP) is 6.76. The van der Waals surface area contributed by atoms with E-state index in [1.54, 1.807) is 75.4 Å². The SMILES string of the molecule is CC(C)C(=O)CC(O)CC(O)CC(O)/C=C/CC(O)CC(O)CC(O)CC(O)/C=C/CC(O)CC(O)CCCNCc1ccc([N+](=O)[O-])cc1.CC(C/C=C/C=C/C=C/C=C/C=C/C(O)C(C)C(O)C(C)/C=C/CC/C=C/C=C/C=C/C=C/C(=O)NC1=C(O)CCC1=O)OC1OC(C)C(O)C(O)C1O. The number of hydrogen-bond donors (Lipinski definition) is 17. The molecule has 3 rings (SSSR count). The number of aliphatic hydroxyl groups is 15. The van der Waals surface area contributed by atoms with Crippen LogP contribution in [0.2, 0.25) is 0 Å². The van der Waals surface area contributed by atoms with Crippen LogP contribution in [0.1, 0.15) is 150 Å². The summed E-state index contributed by atoms with van der Waals surface area (Å²) in [5.74, 6) is -1.64. The molecular formula is C79H119N3O22. The Labute approximate surface area is 612 Å². The van der Waals surface area contributed by atoms with Crippen molar-refractivity contribution in [2.24, 2.45) is 17.8 Å². The second-order valence-electron chi connectivity index (χ2n) is 26.8. The van der Waals surface area contributed by atoms with Crippen molar-refractivity contribution in [3.8, 4) is 0 Å². The van der Waals surface area contributed by atoms with Crippen LogP contribution in [0, 0.1) is 27.9 Å². The van der Waals surface area contributed by atoms with Gasteiger partial charge in [-0.05, 0) is 96.6 Å². The summed E-state index contributed by atoms with van der Waals surface area (Å²) in [5, 5.41) is 168. The van der Waals surface area contributed by atoms with Crippen molar-refractivity contribution in [3.63, 3.8) is 0 Å². The number of carbonyl (C=O) groups excluding carboxylic acids is 3. The van der Waals surface area contributed by atoms with E-state index < -0.39 is 109 Å². The largest absolute Gasteiger partial charge is 0.510 e. The molecule has 1 aromatic rings. The molecule has 1 fully saturated rings. The molecule has 1 amide bonds. The first kappa shape index (κ1) is 93.3. The van der Waals surface area contributed by atoms with Crippen molar-refractivity contribution in [2.45, 2.75) is 255 Å². The summed E-state index contributed by atoms with van der Waals surface area (Å²) in [7, 11) is 0. The van der Waals surface area contributed by atoms with Crippen molar-refractivity contribution < 1.29 is 105 Å². The third-order valence-corrected chi connectivity index (χ3v) is 16.9. The topological polar surface area (TPSA) is 440 Å². The number of hydrogen-bond acceptors (Lipinski definition) is 23. The summed E-state index contributed by atoms with van der Waals surface area (Å²) >= 11 is 0. The van der Waals surface area contributed by atoms with Gasteiger partial charge in [-0.1, -0.05) is 180 Å². The Balaban J connectivity index is 0.000000709. The molecule has 0 spiro atoms. The lowest BCUT2D eigenvalue weighted by atomic mass is 9.88. The summed E-state index contributed by atoms with van der Waals surface area (Å²) in [6.07, 6.45) is 30.0. The standard InChI is InChI=1S/C43H59NO10.C36H60N2O12/c1-30(24-20-16-12-8-5-6-11-15-19-23-27-37(48)44-38-35(46)28-29-36(38)47)39(49)32(3)34(45)26-22-18-14-10-7-9-13-17-21-25-31(2)53-43-42(52)41(51)40(50)33(4)54-43;1-24(2)36(48)22-35(47)21-34(46)19-30(42)9-4-8-29(41)18-33(45)20-32(44)17-28(40)7-3-6-27(39)16-31(43)10-5-15-37-23-25-11-13-26(14-12-25)38(49)50/h5-11,13-15,17-24,26-27,30-34,39-43,45-46,49-52H,12,16,25,28-29H2,1-4H3,(H,44,48);3-4,7,9,11-14,24,27-35,37,39-47H,5-6,8,10,15-23H2,1-2H3/b8-5+,10-7+,11-6+,13-9+,18-14+,19-15+,21-17+,24-20+,26-22+,27-23+;7-3+,9-4+. The van der Waals surface area contributed by atoms with Crippen LogP contribution < -0.4 is 10.6 Å². The van der Waals surface area contributed by atoms with Gasteiger partial charge in [-0.25, -0.2) is 0 Å². The summed E-state index contributed by atoms with van der Waals surface area (Å²) < 4.78 is 11.1. The summed E-state index contributed by atoms with van der Waals surface area (Å²) in [6, 6.07) is 6.26. The van der Waals surface area contributed by atoms with Crippen LogP contribution in [0.15, 0.2) is 182 Å². The minimum Gasteiger partial charge on any atom is -0.510 e. The van der Waals surface area contributed by atoms with Gasteiger partial charge in [0.15, 0.2) is 12.1 Å². The molecule has 582 valence electrons. The third-order valence-electron chi connectivity index (χ3n) is 16.9. The summed E-state index contributed by atoms with van der Waals surface area (Å²) in [6.45, 7) is 11.8. The number of nitrogens with one attached hydrogen (secondary N) is 2. The van der Waals surface area contributed by atoms with Gasteiger partial charge in [0.2, 0.25) is 5.91 Å². The first-order valence-corrected chi connectivity index (χ1v) is 35.9. The van der Waals surface area contributed by atoms with Crippen LogP contribution in [0.25, 0.3) is 0 Å². The quantitative estimate of drug-likeness (QED) is 0.00800. The van der Waals surface area contributed by atoms with Crippen LogP contribution >= 0.6 is 0 Å². The van der Waals surface area contributed by atoms with Crippen molar-refractivity contribution in [2.75, 3.05) is 6.54 Å². The number of nitro groups is 1. The normalized spacial score (nSPS) is 22.2. The molecule has 1 aromatic carbocycles. The smallest absolute Gasteiger partial charge is 0.269 e. The highest BCUT2D eigenvalue weighted by atomic mass is 16.7. The molecule has 1 aliphatic carbocycles. The van der Waals surface area contributed by atoms with Crippen molar-refractivity contribution in [1.29, 1.82) is 0 Å². The number of benzene rings is 1. The van der Waals surface area contributed by atoms with Crippen LogP contribution in [0.3, 0.4) is 0 Å². The molecule has 17 N–H and O–H groups in total. The van der Waals surface area contributed by atoms with Crippen LogP contribution in [0.4, 0.5) is 5.69 Å². The number of carbonyl (C=O) groups is 3. The molecule has 0 aromatic heterocycles. The van der Waals surface area contributed by atoms with Gasteiger partial charge in [-0.15, -0.1) is 0 Å². The van der Waals surface area contributed by atoms with E-state index in [1.807, 2.05) is 99.8 Å². The molecule has 0 bridgehead atoms. The Morgan fingerprint density at radius 2 is 1.12 bits per heavy atom. The lowest BCUT2D eigenvalue weighted by molar-refractivity contribution is -0.384. The number of rotatable bonds is 49. The van der Waals surface area contributed by atoms with E-state index in [4.69, 9.17) is 9.47 Å². The fourth-order valence-corrected chi connectivity index (χ4v) is 10.7. The van der Waals surface area contributed by atoms with E-state index in [0.717, 1.165) is 18.4 Å². The van der Waals surface area contributed by atoms with E-state index in [0.29, 0.717) is 32.4 Å². The molecular weight excluding hydrogens is 1340 g/mol. The molecule has 19 atom stereocenters. The molecule has 2 aliphatic rings. The van der Waals surface area contributed by atoms with Gasteiger partial charge in [-0.3, -0.25) is 24.5 Å². The number of aliphatic hydroxyl groups excluding tert-OH is 15. The highest BCUT2D eigenvalue weighted by Crippen LogP contribution is 2.25. The van der Waals surface area contributed by atoms with Gasteiger partial charge in [0.1, 0.15) is 35.6 Å². The molecule has 1 aliphatic heterocycles. The van der Waals surface area contributed by atoms with Gasteiger partial charge in [0, 0.05) is 74.6 Å². The van der Waals surface area contributed by atoms with E-state index in [-0.39, 0.29) is 123 Å². The Hall–Kier alpha value is -6.83. The Morgan fingerprint density at radius 3 is 1.68 bits per heavy atom. The minimum atomic E-state index is -1.32. The number of unbranched alkanes of at least 4 members (excludes halogenated alkanes) is 1. The lowest BCUT2D eigenvalue weighted by Gasteiger charge is -2.39. The van der Waals surface area contributed by atoms with Gasteiger partial charge in [0.25, 0.3) is 5.69 Å². The first-order valence-electron chi connectivity index (χ1n) is 35.9. The van der Waals surface area contributed by atoms with Crippen molar-refractivity contribution in [3.05, 3.63) is 197 Å². The number of amides is 1. The lowest BCUT2D eigenvalue weighted by Crippen LogP contribution is -2.57. The number of non-ortho nitro benzene ring substituents is 1. The molecule has 1 saturated heterocycles. The first-order chi connectivity index (χ1) is 49.4. The van der Waals surface area contributed by atoms with E-state index in [9.17, 15) is 101 Å². The number of nitro benzene ring substituents is 1. The number of Topliss-reactive ketones (excluding diaryl/α,β-unsaturated/α-hetero) is 2. The zero-order valence-corrected chi connectivity index (χ0v) is 61.0.